The van der Waals surface area contributed by atoms with Gasteiger partial charge >= 0.3 is 5.97 Å². The Labute approximate surface area is 158 Å². The number of ether oxygens (including phenoxy) is 1. The Balaban J connectivity index is 1.94. The number of benzene rings is 1. The van der Waals surface area contributed by atoms with E-state index in [0.29, 0.717) is 0 Å². The summed E-state index contributed by atoms with van der Waals surface area (Å²) in [6, 6.07) is 4.25. The van der Waals surface area contributed by atoms with Crippen molar-refractivity contribution in [3.05, 3.63) is 35.6 Å². The van der Waals surface area contributed by atoms with Crippen molar-refractivity contribution >= 4 is 17.8 Å². The molecular formula is C20H27FN2O4. The molecule has 0 spiro atoms. The van der Waals surface area contributed by atoms with Gasteiger partial charge in [-0.15, -0.1) is 0 Å². The van der Waals surface area contributed by atoms with Crippen LogP contribution < -0.4 is 10.6 Å². The maximum atomic E-state index is 13.0. The Bertz CT molecular complexity index is 669. The van der Waals surface area contributed by atoms with Crippen molar-refractivity contribution in [2.24, 2.45) is 5.92 Å². The second-order valence-corrected chi connectivity index (χ2v) is 7.27. The molecule has 0 saturated heterocycles. The fourth-order valence-electron chi connectivity index (χ4n) is 3.01. The van der Waals surface area contributed by atoms with Crippen LogP contribution in [0.2, 0.25) is 0 Å². The van der Waals surface area contributed by atoms with Gasteiger partial charge in [0.25, 0.3) is 11.8 Å². The van der Waals surface area contributed by atoms with Gasteiger partial charge in [-0.05, 0) is 49.9 Å². The van der Waals surface area contributed by atoms with Gasteiger partial charge in [-0.2, -0.15) is 0 Å². The molecule has 2 amide bonds. The van der Waals surface area contributed by atoms with E-state index >= 15 is 0 Å². The third kappa shape index (κ3) is 6.05. The number of nitrogens with one attached hydrogen (secondary N) is 2. The van der Waals surface area contributed by atoms with Crippen LogP contribution in [0.1, 0.15) is 56.8 Å². The van der Waals surface area contributed by atoms with Crippen molar-refractivity contribution in [3.8, 4) is 0 Å². The molecule has 0 aliphatic heterocycles. The summed E-state index contributed by atoms with van der Waals surface area (Å²) in [6.07, 6.45) is 3.11. The van der Waals surface area contributed by atoms with Crippen LogP contribution in [-0.4, -0.2) is 36.0 Å². The van der Waals surface area contributed by atoms with E-state index < -0.39 is 29.8 Å². The van der Waals surface area contributed by atoms with Gasteiger partial charge in [0, 0.05) is 11.6 Å². The van der Waals surface area contributed by atoms with Crippen LogP contribution in [0.3, 0.4) is 0 Å². The maximum absolute atomic E-state index is 13.0. The van der Waals surface area contributed by atoms with E-state index in [9.17, 15) is 18.8 Å². The van der Waals surface area contributed by atoms with Gasteiger partial charge in [0.05, 0.1) is 0 Å². The maximum Gasteiger partial charge on any atom is 0.329 e. The molecular weight excluding hydrogens is 351 g/mol. The van der Waals surface area contributed by atoms with E-state index in [1.54, 1.807) is 13.8 Å². The van der Waals surface area contributed by atoms with Crippen LogP contribution in [0.25, 0.3) is 0 Å². The average Bonchev–Trinajstić information content (AvgIpc) is 3.12. The van der Waals surface area contributed by atoms with Gasteiger partial charge < -0.3 is 15.4 Å². The van der Waals surface area contributed by atoms with Crippen LogP contribution in [0.5, 0.6) is 0 Å². The minimum atomic E-state index is -0.943. The van der Waals surface area contributed by atoms with E-state index in [-0.39, 0.29) is 23.4 Å². The summed E-state index contributed by atoms with van der Waals surface area (Å²) in [7, 11) is 0. The average molecular weight is 378 g/mol. The third-order valence-corrected chi connectivity index (χ3v) is 4.68. The molecule has 27 heavy (non-hydrogen) atoms. The highest BCUT2D eigenvalue weighted by molar-refractivity contribution is 5.97. The summed E-state index contributed by atoms with van der Waals surface area (Å²) in [5.41, 5.74) is 0.238. The van der Waals surface area contributed by atoms with Crippen LogP contribution >= 0.6 is 0 Å². The van der Waals surface area contributed by atoms with Gasteiger partial charge in [-0.3, -0.25) is 9.59 Å². The number of amides is 2. The lowest BCUT2D eigenvalue weighted by molar-refractivity contribution is -0.157. The molecule has 0 aromatic heterocycles. The Morgan fingerprint density at radius 1 is 1.07 bits per heavy atom. The summed E-state index contributed by atoms with van der Waals surface area (Å²) in [5, 5.41) is 5.49. The van der Waals surface area contributed by atoms with Gasteiger partial charge in [-0.25, -0.2) is 9.18 Å². The summed E-state index contributed by atoms with van der Waals surface area (Å²) in [6.45, 7) is 5.04. The zero-order valence-electron chi connectivity index (χ0n) is 16.0. The molecule has 1 fully saturated rings. The van der Waals surface area contributed by atoms with Crippen LogP contribution in [-0.2, 0) is 14.3 Å². The minimum absolute atomic E-state index is 0.137. The van der Waals surface area contributed by atoms with E-state index in [2.05, 4.69) is 10.6 Å². The summed E-state index contributed by atoms with van der Waals surface area (Å²) >= 11 is 0. The molecule has 0 bridgehead atoms. The molecule has 7 heteroatoms. The highest BCUT2D eigenvalue weighted by Gasteiger charge is 2.30. The number of carbonyl (C=O) groups is 3. The molecule has 1 aromatic rings. The zero-order valence-corrected chi connectivity index (χ0v) is 16.0. The fraction of sp³-hybridized carbons (Fsp3) is 0.550. The standard InChI is InChI=1S/C20H27FN2O4/c1-12(2)17(23-19(25)14-8-10-15(21)11-9-14)20(26)27-13(3)18(24)22-16-6-4-5-7-16/h8-13,16-17H,4-7H2,1-3H3,(H,22,24)(H,23,25)/t13-,17+/m0/s1. The smallest absolute Gasteiger partial charge is 0.329 e. The molecule has 6 nitrogen and oxygen atoms in total. The molecule has 0 unspecified atom stereocenters. The van der Waals surface area contributed by atoms with Crippen LogP contribution in [0, 0.1) is 11.7 Å². The first-order chi connectivity index (χ1) is 12.8. The van der Waals surface area contributed by atoms with E-state index in [0.717, 1.165) is 25.7 Å². The SMILES string of the molecule is CC(C)[C@@H](NC(=O)c1ccc(F)cc1)C(=O)O[C@@H](C)C(=O)NC1CCCC1. The first kappa shape index (κ1) is 20.9. The van der Waals surface area contributed by atoms with Crippen molar-refractivity contribution in [3.63, 3.8) is 0 Å². The quantitative estimate of drug-likeness (QED) is 0.714. The molecule has 2 rings (SSSR count). The lowest BCUT2D eigenvalue weighted by atomic mass is 10.0. The molecule has 1 saturated carbocycles. The number of halogens is 1. The normalized spacial score (nSPS) is 16.6. The molecule has 0 heterocycles. The Kier molecular flexibility index (Phi) is 7.33. The molecule has 148 valence electrons. The Hall–Kier alpha value is -2.44. The Morgan fingerprint density at radius 3 is 2.22 bits per heavy atom. The van der Waals surface area contributed by atoms with Crippen molar-refractivity contribution < 1.29 is 23.5 Å². The van der Waals surface area contributed by atoms with Gasteiger partial charge in [-0.1, -0.05) is 26.7 Å². The number of esters is 1. The predicted molar refractivity (Wildman–Crippen MR) is 98.4 cm³/mol. The zero-order chi connectivity index (χ0) is 20.0. The first-order valence-electron chi connectivity index (χ1n) is 9.35. The topological polar surface area (TPSA) is 84.5 Å². The number of hydrogen-bond acceptors (Lipinski definition) is 4. The highest BCUT2D eigenvalue weighted by atomic mass is 19.1. The van der Waals surface area contributed by atoms with Crippen LogP contribution in [0.4, 0.5) is 4.39 Å². The summed E-state index contributed by atoms with van der Waals surface area (Å²) in [4.78, 5) is 37.0. The van der Waals surface area contributed by atoms with Gasteiger partial charge in [0.2, 0.25) is 0 Å². The molecule has 1 aromatic carbocycles. The van der Waals surface area contributed by atoms with Crippen molar-refractivity contribution in [1.29, 1.82) is 0 Å². The predicted octanol–water partition coefficient (Wildman–Crippen LogP) is 2.57. The van der Waals surface area contributed by atoms with Gasteiger partial charge in [0.15, 0.2) is 6.10 Å². The van der Waals surface area contributed by atoms with Gasteiger partial charge in [0.1, 0.15) is 11.9 Å². The minimum Gasteiger partial charge on any atom is -0.451 e. The molecule has 2 atom stereocenters. The number of carbonyl (C=O) groups excluding carboxylic acids is 3. The number of hydrogen-bond donors (Lipinski definition) is 2. The van der Waals surface area contributed by atoms with Crippen molar-refractivity contribution in [1.82, 2.24) is 10.6 Å². The van der Waals surface area contributed by atoms with E-state index in [1.165, 1.54) is 31.2 Å². The fourth-order valence-corrected chi connectivity index (χ4v) is 3.01. The molecule has 2 N–H and O–H groups in total. The van der Waals surface area contributed by atoms with Crippen molar-refractivity contribution in [2.75, 3.05) is 0 Å². The lowest BCUT2D eigenvalue weighted by Gasteiger charge is -2.23. The second kappa shape index (κ2) is 9.48. The third-order valence-electron chi connectivity index (χ3n) is 4.68. The second-order valence-electron chi connectivity index (χ2n) is 7.27. The Morgan fingerprint density at radius 2 is 1.67 bits per heavy atom. The highest BCUT2D eigenvalue weighted by Crippen LogP contribution is 2.18. The largest absolute Gasteiger partial charge is 0.451 e. The molecule has 1 aliphatic rings. The first-order valence-corrected chi connectivity index (χ1v) is 9.35. The lowest BCUT2D eigenvalue weighted by Crippen LogP contribution is -2.48. The van der Waals surface area contributed by atoms with E-state index in [4.69, 9.17) is 4.74 Å². The molecule has 0 radical (unpaired) electrons. The van der Waals surface area contributed by atoms with E-state index in [1.807, 2.05) is 0 Å². The molecule has 1 aliphatic carbocycles. The monoisotopic (exact) mass is 378 g/mol. The van der Waals surface area contributed by atoms with Crippen LogP contribution in [0.15, 0.2) is 24.3 Å². The summed E-state index contributed by atoms with van der Waals surface area (Å²) in [5.74, 6) is -2.20. The summed E-state index contributed by atoms with van der Waals surface area (Å²) < 4.78 is 18.3. The number of rotatable bonds is 7. The van der Waals surface area contributed by atoms with Crippen molar-refractivity contribution in [2.45, 2.75) is 64.6 Å².